The number of aromatic nitrogens is 2. The average Bonchev–Trinajstić information content (AvgIpc) is 2.90. The van der Waals surface area contributed by atoms with Crippen molar-refractivity contribution >= 4 is 29.0 Å². The minimum atomic E-state index is 0.0948. The summed E-state index contributed by atoms with van der Waals surface area (Å²) in [5, 5.41) is 4.74. The first-order valence-electron chi connectivity index (χ1n) is 6.01. The summed E-state index contributed by atoms with van der Waals surface area (Å²) in [6.07, 6.45) is 2.24. The molecule has 0 atom stereocenters. The molecule has 0 saturated carbocycles. The second-order valence-corrected chi connectivity index (χ2v) is 4.94. The summed E-state index contributed by atoms with van der Waals surface area (Å²) in [4.78, 5) is 13.7. The van der Waals surface area contributed by atoms with Gasteiger partial charge >= 0.3 is 0 Å². The van der Waals surface area contributed by atoms with Crippen LogP contribution in [0, 0.1) is 0 Å². The summed E-state index contributed by atoms with van der Waals surface area (Å²) in [5.41, 5.74) is 7.48. The van der Waals surface area contributed by atoms with Gasteiger partial charge in [-0.3, -0.25) is 9.48 Å². The molecule has 2 aromatic rings. The van der Waals surface area contributed by atoms with Gasteiger partial charge in [0.05, 0.1) is 13.0 Å². The van der Waals surface area contributed by atoms with Gasteiger partial charge in [-0.05, 0) is 23.8 Å². The molecular formula is C13H13ClN4O. The number of anilines is 2. The number of benzene rings is 1. The quantitative estimate of drug-likeness (QED) is 0.928. The Kier molecular flexibility index (Phi) is 2.91. The molecule has 1 aliphatic heterocycles. The van der Waals surface area contributed by atoms with Crippen molar-refractivity contribution in [3.63, 3.8) is 0 Å². The molecule has 0 fully saturated rings. The number of halogens is 1. The van der Waals surface area contributed by atoms with Gasteiger partial charge in [-0.1, -0.05) is 17.7 Å². The molecule has 98 valence electrons. The van der Waals surface area contributed by atoms with Crippen molar-refractivity contribution < 1.29 is 4.79 Å². The second-order valence-electron chi connectivity index (χ2n) is 4.50. The van der Waals surface area contributed by atoms with Crippen LogP contribution in [-0.2, 0) is 17.8 Å². The van der Waals surface area contributed by atoms with Crippen LogP contribution in [0.2, 0.25) is 5.02 Å². The maximum absolute atomic E-state index is 12.0. The molecule has 2 N–H and O–H groups in total. The summed E-state index contributed by atoms with van der Waals surface area (Å²) in [6.45, 7) is 1.17. The molecule has 1 aliphatic rings. The predicted molar refractivity (Wildman–Crippen MR) is 74.1 cm³/mol. The lowest BCUT2D eigenvalue weighted by Gasteiger charge is -2.17. The fourth-order valence-electron chi connectivity index (χ4n) is 2.28. The molecule has 0 spiro atoms. The standard InChI is InChI=1S/C13H13ClN4O/c14-10-2-1-9-7-13(19)18(11(9)8-10)6-5-17-4-3-12(15)16-17/h1-4,8H,5-7H2,(H2,15,16). The number of hydrogen-bond donors (Lipinski definition) is 1. The molecular weight excluding hydrogens is 264 g/mol. The Morgan fingerprint density at radius 3 is 2.89 bits per heavy atom. The van der Waals surface area contributed by atoms with Gasteiger partial charge in [0, 0.05) is 23.5 Å². The van der Waals surface area contributed by atoms with Gasteiger partial charge in [0.2, 0.25) is 5.91 Å². The molecule has 1 aromatic heterocycles. The molecule has 19 heavy (non-hydrogen) atoms. The Bertz CT molecular complexity index is 637. The fraction of sp³-hybridized carbons (Fsp3) is 0.231. The van der Waals surface area contributed by atoms with E-state index in [-0.39, 0.29) is 5.91 Å². The van der Waals surface area contributed by atoms with Crippen LogP contribution in [0.25, 0.3) is 0 Å². The van der Waals surface area contributed by atoms with E-state index in [2.05, 4.69) is 5.10 Å². The lowest BCUT2D eigenvalue weighted by molar-refractivity contribution is -0.117. The first-order chi connectivity index (χ1) is 9.13. The summed E-state index contributed by atoms with van der Waals surface area (Å²) < 4.78 is 1.73. The van der Waals surface area contributed by atoms with Crippen molar-refractivity contribution in [2.24, 2.45) is 0 Å². The van der Waals surface area contributed by atoms with E-state index in [1.165, 1.54) is 0 Å². The highest BCUT2D eigenvalue weighted by Gasteiger charge is 2.26. The third-order valence-electron chi connectivity index (χ3n) is 3.19. The van der Waals surface area contributed by atoms with E-state index in [1.807, 2.05) is 18.2 Å². The van der Waals surface area contributed by atoms with Gasteiger partial charge in [-0.15, -0.1) is 0 Å². The molecule has 0 bridgehead atoms. The SMILES string of the molecule is Nc1ccn(CCN2C(=O)Cc3ccc(Cl)cc32)n1. The van der Waals surface area contributed by atoms with E-state index in [4.69, 9.17) is 17.3 Å². The Morgan fingerprint density at radius 1 is 1.32 bits per heavy atom. The van der Waals surface area contributed by atoms with E-state index in [0.717, 1.165) is 11.3 Å². The van der Waals surface area contributed by atoms with Crippen LogP contribution in [0.3, 0.4) is 0 Å². The van der Waals surface area contributed by atoms with E-state index >= 15 is 0 Å². The highest BCUT2D eigenvalue weighted by molar-refractivity contribution is 6.31. The first-order valence-corrected chi connectivity index (χ1v) is 6.39. The zero-order valence-electron chi connectivity index (χ0n) is 10.2. The van der Waals surface area contributed by atoms with Gasteiger partial charge in [0.15, 0.2) is 0 Å². The number of nitrogen functional groups attached to an aromatic ring is 1. The van der Waals surface area contributed by atoms with Crippen molar-refractivity contribution in [1.29, 1.82) is 0 Å². The first kappa shape index (κ1) is 12.0. The molecule has 0 aliphatic carbocycles. The second kappa shape index (κ2) is 4.59. The number of fused-ring (bicyclic) bond motifs is 1. The number of amides is 1. The average molecular weight is 277 g/mol. The summed E-state index contributed by atoms with van der Waals surface area (Å²) in [6, 6.07) is 7.28. The van der Waals surface area contributed by atoms with Crippen LogP contribution >= 0.6 is 11.6 Å². The number of hydrogen-bond acceptors (Lipinski definition) is 3. The minimum absolute atomic E-state index is 0.0948. The third-order valence-corrected chi connectivity index (χ3v) is 3.43. The van der Waals surface area contributed by atoms with Crippen molar-refractivity contribution in [2.75, 3.05) is 17.2 Å². The van der Waals surface area contributed by atoms with Crippen molar-refractivity contribution in [1.82, 2.24) is 9.78 Å². The Balaban J connectivity index is 1.78. The molecule has 0 saturated heterocycles. The molecule has 5 nitrogen and oxygen atoms in total. The number of carbonyl (C=O) groups is 1. The van der Waals surface area contributed by atoms with Crippen molar-refractivity contribution in [2.45, 2.75) is 13.0 Å². The van der Waals surface area contributed by atoms with Gasteiger partial charge in [0.25, 0.3) is 0 Å². The normalized spacial score (nSPS) is 13.9. The smallest absolute Gasteiger partial charge is 0.231 e. The van der Waals surface area contributed by atoms with Crippen LogP contribution in [0.15, 0.2) is 30.5 Å². The number of carbonyl (C=O) groups excluding carboxylic acids is 1. The number of rotatable bonds is 3. The number of nitrogens with two attached hydrogens (primary N) is 1. The summed E-state index contributed by atoms with van der Waals surface area (Å²) in [5.74, 6) is 0.577. The minimum Gasteiger partial charge on any atom is -0.382 e. The molecule has 1 aromatic carbocycles. The lowest BCUT2D eigenvalue weighted by atomic mass is 10.2. The molecule has 1 amide bonds. The van der Waals surface area contributed by atoms with E-state index in [0.29, 0.717) is 30.4 Å². The largest absolute Gasteiger partial charge is 0.382 e. The molecule has 3 rings (SSSR count). The third kappa shape index (κ3) is 2.29. The summed E-state index contributed by atoms with van der Waals surface area (Å²) >= 11 is 5.98. The van der Waals surface area contributed by atoms with E-state index in [1.54, 1.807) is 21.8 Å². The van der Waals surface area contributed by atoms with Crippen LogP contribution < -0.4 is 10.6 Å². The molecule has 0 radical (unpaired) electrons. The Hall–Kier alpha value is -2.01. The van der Waals surface area contributed by atoms with Crippen LogP contribution in [0.4, 0.5) is 11.5 Å². The van der Waals surface area contributed by atoms with Gasteiger partial charge in [-0.2, -0.15) is 5.10 Å². The molecule has 6 heteroatoms. The summed E-state index contributed by atoms with van der Waals surface area (Å²) in [7, 11) is 0. The topological polar surface area (TPSA) is 64.2 Å². The monoisotopic (exact) mass is 276 g/mol. The van der Waals surface area contributed by atoms with Gasteiger partial charge < -0.3 is 10.6 Å². The fourth-order valence-corrected chi connectivity index (χ4v) is 2.45. The maximum Gasteiger partial charge on any atom is 0.231 e. The molecule has 2 heterocycles. The highest BCUT2D eigenvalue weighted by Crippen LogP contribution is 2.31. The van der Waals surface area contributed by atoms with Crippen molar-refractivity contribution in [3.05, 3.63) is 41.0 Å². The highest BCUT2D eigenvalue weighted by atomic mass is 35.5. The Labute approximate surface area is 115 Å². The lowest BCUT2D eigenvalue weighted by Crippen LogP contribution is -2.30. The van der Waals surface area contributed by atoms with E-state index < -0.39 is 0 Å². The van der Waals surface area contributed by atoms with Crippen LogP contribution in [0.5, 0.6) is 0 Å². The van der Waals surface area contributed by atoms with Crippen LogP contribution in [0.1, 0.15) is 5.56 Å². The van der Waals surface area contributed by atoms with Gasteiger partial charge in [-0.25, -0.2) is 0 Å². The zero-order chi connectivity index (χ0) is 13.4. The predicted octanol–water partition coefficient (Wildman–Crippen LogP) is 1.71. The van der Waals surface area contributed by atoms with Crippen LogP contribution in [-0.4, -0.2) is 22.2 Å². The Morgan fingerprint density at radius 2 is 2.16 bits per heavy atom. The molecule has 0 unspecified atom stereocenters. The maximum atomic E-state index is 12.0. The van der Waals surface area contributed by atoms with E-state index in [9.17, 15) is 4.79 Å². The van der Waals surface area contributed by atoms with Crippen molar-refractivity contribution in [3.8, 4) is 0 Å². The number of nitrogens with zero attached hydrogens (tertiary/aromatic N) is 3. The van der Waals surface area contributed by atoms with Gasteiger partial charge in [0.1, 0.15) is 5.82 Å². The zero-order valence-corrected chi connectivity index (χ0v) is 11.0.